The van der Waals surface area contributed by atoms with E-state index in [0.29, 0.717) is 16.4 Å². The van der Waals surface area contributed by atoms with Crippen LogP contribution in [0, 0.1) is 12.7 Å². The number of thiophene rings is 1. The first-order chi connectivity index (χ1) is 13.1. The number of quaternary nitrogens is 1. The van der Waals surface area contributed by atoms with Crippen LogP contribution in [0.3, 0.4) is 0 Å². The number of thiocarbonyl (C=S) groups is 1. The number of ether oxygens (including phenoxy) is 1. The number of nitrogens with zero attached hydrogens (tertiary/aromatic N) is 1. The second-order valence-electron chi connectivity index (χ2n) is 6.86. The van der Waals surface area contributed by atoms with Crippen molar-refractivity contribution in [1.29, 1.82) is 0 Å². The van der Waals surface area contributed by atoms with Crippen molar-refractivity contribution < 1.29 is 14.0 Å². The van der Waals surface area contributed by atoms with Crippen LogP contribution in [0.4, 0.5) is 10.1 Å². The van der Waals surface area contributed by atoms with E-state index in [1.54, 1.807) is 29.2 Å². The lowest BCUT2D eigenvalue weighted by Crippen LogP contribution is -3.14. The summed E-state index contributed by atoms with van der Waals surface area (Å²) in [6, 6.07) is 9.32. The number of anilines is 1. The Labute approximate surface area is 169 Å². The van der Waals surface area contributed by atoms with E-state index in [-0.39, 0.29) is 5.82 Å². The summed E-state index contributed by atoms with van der Waals surface area (Å²) < 4.78 is 19.3. The molecule has 0 amide bonds. The zero-order valence-electron chi connectivity index (χ0n) is 15.7. The van der Waals surface area contributed by atoms with Crippen LogP contribution in [0.15, 0.2) is 35.7 Å². The lowest BCUT2D eigenvalue weighted by molar-refractivity contribution is -0.908. The molecule has 0 bridgehead atoms. The summed E-state index contributed by atoms with van der Waals surface area (Å²) in [6.07, 6.45) is 1.06. The average Bonchev–Trinajstić information content (AvgIpc) is 3.18. The lowest BCUT2D eigenvalue weighted by atomic mass is 10.2. The number of nitrogens with one attached hydrogen (secondary N) is 2. The molecule has 3 rings (SSSR count). The van der Waals surface area contributed by atoms with Crippen LogP contribution >= 0.6 is 23.6 Å². The van der Waals surface area contributed by atoms with Gasteiger partial charge in [-0.25, -0.2) is 4.39 Å². The Morgan fingerprint density at radius 1 is 1.33 bits per heavy atom. The Morgan fingerprint density at radius 2 is 2.15 bits per heavy atom. The van der Waals surface area contributed by atoms with E-state index in [4.69, 9.17) is 17.0 Å². The molecule has 146 valence electrons. The summed E-state index contributed by atoms with van der Waals surface area (Å²) in [5.74, 6) is -0.219. The van der Waals surface area contributed by atoms with Gasteiger partial charge in [0.15, 0.2) is 5.11 Å². The zero-order valence-corrected chi connectivity index (χ0v) is 17.3. The molecule has 0 saturated carbocycles. The largest absolute Gasteiger partial charge is 0.370 e. The molecule has 1 aliphatic heterocycles. The highest BCUT2D eigenvalue weighted by atomic mass is 32.1. The fourth-order valence-electron chi connectivity index (χ4n) is 3.15. The molecule has 0 radical (unpaired) electrons. The van der Waals surface area contributed by atoms with Crippen molar-refractivity contribution in [1.82, 2.24) is 4.90 Å². The van der Waals surface area contributed by atoms with Gasteiger partial charge in [-0.15, -0.1) is 11.3 Å². The van der Waals surface area contributed by atoms with Crippen molar-refractivity contribution >= 4 is 34.4 Å². The second-order valence-corrected chi connectivity index (χ2v) is 8.28. The van der Waals surface area contributed by atoms with Crippen molar-refractivity contribution in [2.45, 2.75) is 19.9 Å². The molecule has 0 atom stereocenters. The molecule has 1 aromatic carbocycles. The average molecular weight is 409 g/mol. The van der Waals surface area contributed by atoms with Crippen LogP contribution in [0.5, 0.6) is 0 Å². The number of hydrogen-bond acceptors (Lipinski definition) is 3. The maximum absolute atomic E-state index is 13.8. The predicted octanol–water partition coefficient (Wildman–Crippen LogP) is 2.70. The molecule has 2 heterocycles. The highest BCUT2D eigenvalue weighted by Crippen LogP contribution is 2.16. The van der Waals surface area contributed by atoms with Gasteiger partial charge in [0.1, 0.15) is 18.9 Å². The first kappa shape index (κ1) is 20.2. The Balaban J connectivity index is 1.59. The van der Waals surface area contributed by atoms with Gasteiger partial charge in [-0.2, -0.15) is 0 Å². The summed E-state index contributed by atoms with van der Waals surface area (Å²) in [7, 11) is 0. The van der Waals surface area contributed by atoms with E-state index in [2.05, 4.69) is 27.7 Å². The van der Waals surface area contributed by atoms with Gasteiger partial charge in [0.05, 0.1) is 26.3 Å². The maximum Gasteiger partial charge on any atom is 0.173 e. The van der Waals surface area contributed by atoms with Gasteiger partial charge in [0.25, 0.3) is 0 Å². The number of morpholine rings is 1. The molecule has 2 aromatic rings. The molecule has 1 aromatic heterocycles. The van der Waals surface area contributed by atoms with Crippen molar-refractivity contribution in [3.63, 3.8) is 0 Å². The van der Waals surface area contributed by atoms with Crippen molar-refractivity contribution in [2.75, 3.05) is 44.7 Å². The standard InChI is InChI=1S/C20H26FN3OS2/c1-16-5-6-17(14-19(16)21)22-20(26)24(15-18-4-2-13-27-18)8-3-7-23-9-11-25-12-10-23/h2,4-6,13-14H,3,7-12,15H2,1H3,(H,22,26)/p+1. The van der Waals surface area contributed by atoms with Gasteiger partial charge in [-0.3, -0.25) is 0 Å². The third kappa shape index (κ3) is 6.24. The number of rotatable bonds is 7. The van der Waals surface area contributed by atoms with Crippen LogP contribution in [0.25, 0.3) is 0 Å². The van der Waals surface area contributed by atoms with E-state index in [0.717, 1.165) is 52.4 Å². The molecule has 1 aliphatic rings. The van der Waals surface area contributed by atoms with Gasteiger partial charge < -0.3 is 19.9 Å². The fourth-order valence-corrected chi connectivity index (χ4v) is 4.14. The SMILES string of the molecule is Cc1ccc(NC(=S)N(CCC[NH+]2CCOCC2)Cc2cccs2)cc1F. The highest BCUT2D eigenvalue weighted by molar-refractivity contribution is 7.80. The molecule has 0 aliphatic carbocycles. The number of benzene rings is 1. The number of halogens is 1. The summed E-state index contributed by atoms with van der Waals surface area (Å²) in [4.78, 5) is 5.04. The molecule has 1 saturated heterocycles. The molecular formula is C20H27FN3OS2+. The number of hydrogen-bond donors (Lipinski definition) is 2. The zero-order chi connectivity index (χ0) is 19.1. The smallest absolute Gasteiger partial charge is 0.173 e. The first-order valence-corrected chi connectivity index (χ1v) is 10.7. The van der Waals surface area contributed by atoms with E-state index in [9.17, 15) is 4.39 Å². The normalized spacial score (nSPS) is 14.9. The van der Waals surface area contributed by atoms with Gasteiger partial charge in [0.2, 0.25) is 0 Å². The highest BCUT2D eigenvalue weighted by Gasteiger charge is 2.16. The van der Waals surface area contributed by atoms with Crippen LogP contribution in [0.1, 0.15) is 16.9 Å². The lowest BCUT2D eigenvalue weighted by Gasteiger charge is -2.28. The molecule has 4 nitrogen and oxygen atoms in total. The third-order valence-electron chi connectivity index (χ3n) is 4.80. The summed E-state index contributed by atoms with van der Waals surface area (Å²) in [5.41, 5.74) is 1.33. The first-order valence-electron chi connectivity index (χ1n) is 9.37. The van der Waals surface area contributed by atoms with Crippen LogP contribution in [-0.2, 0) is 11.3 Å². The molecule has 0 unspecified atom stereocenters. The van der Waals surface area contributed by atoms with Crippen LogP contribution in [-0.4, -0.2) is 49.4 Å². The third-order valence-corrected chi connectivity index (χ3v) is 6.02. The molecule has 2 N–H and O–H groups in total. The maximum atomic E-state index is 13.8. The van der Waals surface area contributed by atoms with Crippen LogP contribution < -0.4 is 10.2 Å². The summed E-state index contributed by atoms with van der Waals surface area (Å²) in [5, 5.41) is 5.93. The topological polar surface area (TPSA) is 28.9 Å². The molecule has 27 heavy (non-hydrogen) atoms. The Bertz CT molecular complexity index is 733. The monoisotopic (exact) mass is 408 g/mol. The minimum absolute atomic E-state index is 0.219. The fraction of sp³-hybridized carbons (Fsp3) is 0.450. The van der Waals surface area contributed by atoms with Crippen molar-refractivity contribution in [2.24, 2.45) is 0 Å². The predicted molar refractivity (Wildman–Crippen MR) is 113 cm³/mol. The van der Waals surface area contributed by atoms with E-state index >= 15 is 0 Å². The van der Waals surface area contributed by atoms with Crippen LogP contribution in [0.2, 0.25) is 0 Å². The number of aryl methyl sites for hydroxylation is 1. The summed E-state index contributed by atoms with van der Waals surface area (Å²) >= 11 is 7.38. The van der Waals surface area contributed by atoms with E-state index < -0.39 is 0 Å². The Hall–Kier alpha value is -1.54. The van der Waals surface area contributed by atoms with Gasteiger partial charge in [-0.05, 0) is 48.3 Å². The summed E-state index contributed by atoms with van der Waals surface area (Å²) in [6.45, 7) is 8.40. The van der Waals surface area contributed by atoms with Gasteiger partial charge in [-0.1, -0.05) is 12.1 Å². The Kier molecular flexibility index (Phi) is 7.58. The second kappa shape index (κ2) is 10.1. The minimum Gasteiger partial charge on any atom is -0.370 e. The minimum atomic E-state index is -0.219. The molecule has 1 fully saturated rings. The van der Waals surface area contributed by atoms with Crippen molar-refractivity contribution in [3.8, 4) is 0 Å². The van der Waals surface area contributed by atoms with Gasteiger partial charge >= 0.3 is 0 Å². The van der Waals surface area contributed by atoms with E-state index in [1.807, 2.05) is 6.07 Å². The Morgan fingerprint density at radius 3 is 2.85 bits per heavy atom. The molecular weight excluding hydrogens is 381 g/mol. The molecule has 0 spiro atoms. The van der Waals surface area contributed by atoms with E-state index in [1.165, 1.54) is 10.9 Å². The van der Waals surface area contributed by atoms with Crippen molar-refractivity contribution in [3.05, 3.63) is 52.0 Å². The molecule has 7 heteroatoms. The quantitative estimate of drug-likeness (QED) is 0.690. The van der Waals surface area contributed by atoms with Gasteiger partial charge in [0, 0.05) is 23.5 Å².